The van der Waals surface area contributed by atoms with E-state index < -0.39 is 11.8 Å². The molecule has 0 radical (unpaired) electrons. The highest BCUT2D eigenvalue weighted by Gasteiger charge is 2.30. The number of hydrogen-bond donors (Lipinski definition) is 2. The Morgan fingerprint density at radius 2 is 1.77 bits per heavy atom. The van der Waals surface area contributed by atoms with Crippen LogP contribution in [0.3, 0.4) is 0 Å². The number of aliphatic hydroxyl groups is 1. The first-order valence-electron chi connectivity index (χ1n) is 8.29. The van der Waals surface area contributed by atoms with E-state index in [0.717, 1.165) is 27.5 Å². The minimum absolute atomic E-state index is 0.0123. The predicted octanol–water partition coefficient (Wildman–Crippen LogP) is 2.75. The van der Waals surface area contributed by atoms with Crippen molar-refractivity contribution >= 4 is 17.5 Å². The molecule has 0 atom stereocenters. The Morgan fingerprint density at radius 1 is 1.04 bits per heavy atom. The number of imide groups is 1. The first-order valence-corrected chi connectivity index (χ1v) is 8.29. The van der Waals surface area contributed by atoms with E-state index in [9.17, 15) is 9.59 Å². The Balaban J connectivity index is 1.74. The van der Waals surface area contributed by atoms with Crippen molar-refractivity contribution in [3.05, 3.63) is 65.4 Å². The van der Waals surface area contributed by atoms with E-state index in [1.54, 1.807) is 6.07 Å². The van der Waals surface area contributed by atoms with Crippen LogP contribution in [-0.4, -0.2) is 35.0 Å². The summed E-state index contributed by atoms with van der Waals surface area (Å²) < 4.78 is 5.95. The smallest absolute Gasteiger partial charge is 0.277 e. The van der Waals surface area contributed by atoms with Crippen LogP contribution in [0.4, 0.5) is 5.69 Å². The number of para-hydroxylation sites is 1. The zero-order valence-electron chi connectivity index (χ0n) is 14.7. The van der Waals surface area contributed by atoms with Gasteiger partial charge in [0.2, 0.25) is 0 Å². The van der Waals surface area contributed by atoms with E-state index >= 15 is 0 Å². The van der Waals surface area contributed by atoms with E-state index in [4.69, 9.17) is 9.84 Å². The van der Waals surface area contributed by atoms with Gasteiger partial charge < -0.3 is 15.2 Å². The molecule has 0 aromatic heterocycles. The number of carbonyl (C=O) groups is 2. The number of rotatable bonds is 6. The molecule has 6 heteroatoms. The molecule has 2 amide bonds. The Bertz CT molecular complexity index is 889. The van der Waals surface area contributed by atoms with E-state index in [2.05, 4.69) is 5.32 Å². The molecular weight excluding hydrogens is 332 g/mol. The summed E-state index contributed by atoms with van der Waals surface area (Å²) in [7, 11) is 0. The van der Waals surface area contributed by atoms with Gasteiger partial charge in [-0.25, -0.2) is 0 Å². The minimum atomic E-state index is -0.443. The Labute approximate surface area is 151 Å². The van der Waals surface area contributed by atoms with Gasteiger partial charge in [-0.2, -0.15) is 0 Å². The van der Waals surface area contributed by atoms with Gasteiger partial charge in [-0.15, -0.1) is 0 Å². The summed E-state index contributed by atoms with van der Waals surface area (Å²) in [5.74, 6) is 0.634. The number of aryl methyl sites for hydroxylation is 2. The standard InChI is InChI=1S/C20H20N2O4/c1-13-5-3-4-6-17(13)26-18-8-7-15(11-14(18)2)21-16-12-19(24)22(9-10-23)20(16)25/h3-8,11-12,21,23H,9-10H2,1-2H3. The van der Waals surface area contributed by atoms with Crippen molar-refractivity contribution in [3.8, 4) is 11.5 Å². The second-order valence-electron chi connectivity index (χ2n) is 6.05. The summed E-state index contributed by atoms with van der Waals surface area (Å²) in [4.78, 5) is 25.0. The van der Waals surface area contributed by atoms with Crippen LogP contribution in [0.15, 0.2) is 54.2 Å². The molecule has 6 nitrogen and oxygen atoms in total. The lowest BCUT2D eigenvalue weighted by Crippen LogP contribution is -2.34. The van der Waals surface area contributed by atoms with Crippen LogP contribution in [0.2, 0.25) is 0 Å². The third-order valence-corrected chi connectivity index (χ3v) is 4.10. The number of aliphatic hydroxyl groups excluding tert-OH is 1. The van der Waals surface area contributed by atoms with Gasteiger partial charge in [0.05, 0.1) is 13.2 Å². The number of hydrogen-bond acceptors (Lipinski definition) is 5. The molecule has 0 fully saturated rings. The summed E-state index contributed by atoms with van der Waals surface area (Å²) in [6.45, 7) is 3.62. The lowest BCUT2D eigenvalue weighted by atomic mass is 10.2. The Kier molecular flexibility index (Phi) is 5.04. The average molecular weight is 352 g/mol. The molecular formula is C20H20N2O4. The highest BCUT2D eigenvalue weighted by atomic mass is 16.5. The molecule has 3 rings (SSSR count). The number of β-amino-alcohol motifs (C(OH)–C–C–N with tert-alkyl or cyclic N) is 1. The predicted molar refractivity (Wildman–Crippen MR) is 97.9 cm³/mol. The first kappa shape index (κ1) is 17.7. The van der Waals surface area contributed by atoms with E-state index in [1.165, 1.54) is 6.08 Å². The number of benzene rings is 2. The highest BCUT2D eigenvalue weighted by molar-refractivity contribution is 6.17. The summed E-state index contributed by atoms with van der Waals surface area (Å²) in [6, 6.07) is 13.2. The summed E-state index contributed by atoms with van der Waals surface area (Å²) in [5, 5.41) is 11.9. The van der Waals surface area contributed by atoms with Gasteiger partial charge in [-0.05, 0) is 49.2 Å². The molecule has 0 saturated heterocycles. The fourth-order valence-corrected chi connectivity index (χ4v) is 2.70. The van der Waals surface area contributed by atoms with Gasteiger partial charge in [0, 0.05) is 11.8 Å². The summed E-state index contributed by atoms with van der Waals surface area (Å²) >= 11 is 0. The number of nitrogens with zero attached hydrogens (tertiary/aromatic N) is 1. The summed E-state index contributed by atoms with van der Waals surface area (Å²) in [6.07, 6.45) is 1.24. The molecule has 26 heavy (non-hydrogen) atoms. The second-order valence-corrected chi connectivity index (χ2v) is 6.05. The third-order valence-electron chi connectivity index (χ3n) is 4.10. The number of anilines is 1. The van der Waals surface area contributed by atoms with Crippen molar-refractivity contribution in [2.75, 3.05) is 18.5 Å². The molecule has 134 valence electrons. The largest absolute Gasteiger partial charge is 0.457 e. The van der Waals surface area contributed by atoms with Crippen molar-refractivity contribution in [2.24, 2.45) is 0 Å². The maximum absolute atomic E-state index is 12.2. The van der Waals surface area contributed by atoms with Crippen LogP contribution in [0.25, 0.3) is 0 Å². The number of amides is 2. The van der Waals surface area contributed by atoms with E-state index in [-0.39, 0.29) is 18.8 Å². The maximum Gasteiger partial charge on any atom is 0.277 e. The topological polar surface area (TPSA) is 78.9 Å². The van der Waals surface area contributed by atoms with Gasteiger partial charge in [0.1, 0.15) is 17.2 Å². The molecule has 0 bridgehead atoms. The van der Waals surface area contributed by atoms with Gasteiger partial charge in [0.25, 0.3) is 11.8 Å². The SMILES string of the molecule is Cc1ccccc1Oc1ccc(NC2=CC(=O)N(CCO)C2=O)cc1C. The zero-order valence-corrected chi connectivity index (χ0v) is 14.7. The van der Waals surface area contributed by atoms with Crippen LogP contribution in [0.1, 0.15) is 11.1 Å². The molecule has 2 N–H and O–H groups in total. The Morgan fingerprint density at radius 3 is 2.46 bits per heavy atom. The maximum atomic E-state index is 12.2. The highest BCUT2D eigenvalue weighted by Crippen LogP contribution is 2.30. The third kappa shape index (κ3) is 3.60. The molecule has 0 saturated carbocycles. The van der Waals surface area contributed by atoms with Crippen LogP contribution < -0.4 is 10.1 Å². The van der Waals surface area contributed by atoms with Crippen LogP contribution in [0, 0.1) is 13.8 Å². The second kappa shape index (κ2) is 7.41. The van der Waals surface area contributed by atoms with Gasteiger partial charge >= 0.3 is 0 Å². The van der Waals surface area contributed by atoms with Crippen molar-refractivity contribution in [1.82, 2.24) is 4.90 Å². The Hall–Kier alpha value is -3.12. The minimum Gasteiger partial charge on any atom is -0.457 e. The molecule has 0 aliphatic carbocycles. The van der Waals surface area contributed by atoms with Crippen molar-refractivity contribution in [3.63, 3.8) is 0 Å². The molecule has 0 spiro atoms. The number of carbonyl (C=O) groups excluding carboxylic acids is 2. The average Bonchev–Trinajstić information content (AvgIpc) is 2.87. The van der Waals surface area contributed by atoms with Crippen LogP contribution >= 0.6 is 0 Å². The zero-order chi connectivity index (χ0) is 18.7. The molecule has 1 aliphatic rings. The fourth-order valence-electron chi connectivity index (χ4n) is 2.70. The first-order chi connectivity index (χ1) is 12.5. The van der Waals surface area contributed by atoms with E-state index in [1.807, 2.05) is 50.2 Å². The number of nitrogens with one attached hydrogen (secondary N) is 1. The molecule has 1 heterocycles. The molecule has 2 aromatic carbocycles. The van der Waals surface area contributed by atoms with Crippen LogP contribution in [0.5, 0.6) is 11.5 Å². The lowest BCUT2D eigenvalue weighted by Gasteiger charge is -2.15. The van der Waals surface area contributed by atoms with Gasteiger partial charge in [-0.1, -0.05) is 18.2 Å². The van der Waals surface area contributed by atoms with Crippen molar-refractivity contribution in [2.45, 2.75) is 13.8 Å². The van der Waals surface area contributed by atoms with Crippen molar-refractivity contribution < 1.29 is 19.4 Å². The van der Waals surface area contributed by atoms with Crippen LogP contribution in [-0.2, 0) is 9.59 Å². The van der Waals surface area contributed by atoms with Gasteiger partial charge in [-0.3, -0.25) is 14.5 Å². The fraction of sp³-hybridized carbons (Fsp3) is 0.200. The molecule has 1 aliphatic heterocycles. The molecule has 0 unspecified atom stereocenters. The van der Waals surface area contributed by atoms with Gasteiger partial charge in [0.15, 0.2) is 0 Å². The lowest BCUT2D eigenvalue weighted by molar-refractivity contribution is -0.137. The monoisotopic (exact) mass is 352 g/mol. The van der Waals surface area contributed by atoms with Crippen molar-refractivity contribution in [1.29, 1.82) is 0 Å². The van der Waals surface area contributed by atoms with E-state index in [0.29, 0.717) is 5.69 Å². The quantitative estimate of drug-likeness (QED) is 0.782. The normalized spacial score (nSPS) is 13.8. The summed E-state index contributed by atoms with van der Waals surface area (Å²) in [5.41, 5.74) is 2.80. The molecule has 2 aromatic rings. The number of ether oxygens (including phenoxy) is 1.